The van der Waals surface area contributed by atoms with E-state index in [0.717, 1.165) is 45.3 Å². The minimum Gasteiger partial charge on any atom is -0.364 e. The number of aryl methyl sites for hydroxylation is 1. The van der Waals surface area contributed by atoms with Gasteiger partial charge in [0, 0.05) is 32.4 Å². The molecule has 1 aromatic rings. The summed E-state index contributed by atoms with van der Waals surface area (Å²) in [6, 6.07) is 0. The number of carbonyl (C=O) groups excluding carboxylic acids is 1. The summed E-state index contributed by atoms with van der Waals surface area (Å²) in [4.78, 5) is 14.4. The molecule has 0 unspecified atom stereocenters. The molecule has 2 aliphatic rings. The van der Waals surface area contributed by atoms with E-state index in [1.165, 1.54) is 5.56 Å². The first-order chi connectivity index (χ1) is 10.7. The topological polar surface area (TPSA) is 73.4 Å². The fourth-order valence-corrected chi connectivity index (χ4v) is 3.43. The van der Waals surface area contributed by atoms with E-state index in [4.69, 9.17) is 10.5 Å². The van der Waals surface area contributed by atoms with Crippen molar-refractivity contribution in [1.82, 2.24) is 14.7 Å². The minimum atomic E-state index is -0.265. The lowest BCUT2D eigenvalue weighted by Crippen LogP contribution is -2.44. The molecule has 0 aromatic carbocycles. The van der Waals surface area contributed by atoms with Gasteiger partial charge in [0.1, 0.15) is 6.10 Å². The van der Waals surface area contributed by atoms with Crippen LogP contribution in [0.25, 0.3) is 0 Å². The van der Waals surface area contributed by atoms with Gasteiger partial charge in [-0.2, -0.15) is 5.10 Å². The van der Waals surface area contributed by atoms with Crippen molar-refractivity contribution in [3.8, 4) is 0 Å². The first-order valence-corrected chi connectivity index (χ1v) is 8.29. The molecule has 0 saturated carbocycles. The van der Waals surface area contributed by atoms with Crippen LogP contribution in [0.4, 0.5) is 0 Å². The van der Waals surface area contributed by atoms with Crippen molar-refractivity contribution in [2.75, 3.05) is 19.6 Å². The summed E-state index contributed by atoms with van der Waals surface area (Å²) in [5.74, 6) is 0.758. The number of aromatic nitrogens is 2. The fourth-order valence-electron chi connectivity index (χ4n) is 3.43. The number of piperidine rings is 1. The number of hydrogen-bond donors (Lipinski definition) is 1. The lowest BCUT2D eigenvalue weighted by Gasteiger charge is -2.33. The number of nitrogens with two attached hydrogens (primary N) is 1. The normalized spacial score (nSPS) is 26.5. The van der Waals surface area contributed by atoms with Crippen LogP contribution in [0.3, 0.4) is 0 Å². The zero-order chi connectivity index (χ0) is 15.5. The Bertz CT molecular complexity index is 508. The molecule has 6 nitrogen and oxygen atoms in total. The van der Waals surface area contributed by atoms with Crippen LogP contribution in [0.2, 0.25) is 0 Å². The van der Waals surface area contributed by atoms with E-state index in [0.29, 0.717) is 12.5 Å². The molecule has 2 atom stereocenters. The van der Waals surface area contributed by atoms with Gasteiger partial charge in [-0.25, -0.2) is 0 Å². The molecule has 0 radical (unpaired) electrons. The molecule has 122 valence electrons. The van der Waals surface area contributed by atoms with Gasteiger partial charge in [0.25, 0.3) is 5.91 Å². The average molecular weight is 306 g/mol. The number of rotatable bonds is 4. The van der Waals surface area contributed by atoms with E-state index >= 15 is 0 Å². The van der Waals surface area contributed by atoms with Gasteiger partial charge in [0.05, 0.1) is 12.3 Å². The molecule has 0 aliphatic carbocycles. The SMILES string of the molecule is Cc1cnn(CC2CCN(C(=O)[C@@H]3CC[C@H](CN)O3)CC2)c1. The number of amides is 1. The highest BCUT2D eigenvalue weighted by Crippen LogP contribution is 2.24. The molecule has 1 aromatic heterocycles. The van der Waals surface area contributed by atoms with Crippen LogP contribution in [-0.4, -0.2) is 52.4 Å². The van der Waals surface area contributed by atoms with Gasteiger partial charge in [-0.3, -0.25) is 9.48 Å². The maximum absolute atomic E-state index is 12.5. The predicted molar refractivity (Wildman–Crippen MR) is 83.2 cm³/mol. The van der Waals surface area contributed by atoms with Crippen molar-refractivity contribution in [2.45, 2.75) is 51.4 Å². The average Bonchev–Trinajstić information content (AvgIpc) is 3.16. The summed E-state index contributed by atoms with van der Waals surface area (Å²) in [7, 11) is 0. The second kappa shape index (κ2) is 6.79. The van der Waals surface area contributed by atoms with Crippen molar-refractivity contribution in [3.63, 3.8) is 0 Å². The Hall–Kier alpha value is -1.40. The van der Waals surface area contributed by atoms with Crippen molar-refractivity contribution in [3.05, 3.63) is 18.0 Å². The predicted octanol–water partition coefficient (Wildman–Crippen LogP) is 0.936. The maximum Gasteiger partial charge on any atom is 0.251 e. The minimum absolute atomic E-state index is 0.0644. The summed E-state index contributed by atoms with van der Waals surface area (Å²) in [5.41, 5.74) is 6.80. The summed E-state index contributed by atoms with van der Waals surface area (Å²) in [5, 5.41) is 4.35. The lowest BCUT2D eigenvalue weighted by molar-refractivity contribution is -0.144. The van der Waals surface area contributed by atoms with Crippen LogP contribution < -0.4 is 5.73 Å². The highest BCUT2D eigenvalue weighted by atomic mass is 16.5. The molecule has 2 saturated heterocycles. The fraction of sp³-hybridized carbons (Fsp3) is 0.750. The van der Waals surface area contributed by atoms with Crippen molar-refractivity contribution < 1.29 is 9.53 Å². The number of carbonyl (C=O) groups is 1. The Morgan fingerprint density at radius 2 is 2.14 bits per heavy atom. The molecule has 3 heterocycles. The molecular formula is C16H26N4O2. The Balaban J connectivity index is 1.46. The van der Waals surface area contributed by atoms with Gasteiger partial charge < -0.3 is 15.4 Å². The molecule has 6 heteroatoms. The third-order valence-corrected chi connectivity index (χ3v) is 4.78. The van der Waals surface area contributed by atoms with E-state index in [9.17, 15) is 4.79 Å². The van der Waals surface area contributed by atoms with Gasteiger partial charge in [-0.1, -0.05) is 0 Å². The summed E-state index contributed by atoms with van der Waals surface area (Å²) in [6.07, 6.45) is 7.57. The van der Waals surface area contributed by atoms with Crippen LogP contribution in [0.1, 0.15) is 31.2 Å². The molecule has 2 aliphatic heterocycles. The lowest BCUT2D eigenvalue weighted by atomic mass is 9.96. The van der Waals surface area contributed by atoms with Crippen LogP contribution >= 0.6 is 0 Å². The largest absolute Gasteiger partial charge is 0.364 e. The van der Waals surface area contributed by atoms with Crippen molar-refractivity contribution in [2.24, 2.45) is 11.7 Å². The zero-order valence-corrected chi connectivity index (χ0v) is 13.3. The monoisotopic (exact) mass is 306 g/mol. The number of nitrogens with zero attached hydrogens (tertiary/aromatic N) is 3. The molecule has 22 heavy (non-hydrogen) atoms. The summed E-state index contributed by atoms with van der Waals surface area (Å²) < 4.78 is 7.74. The van der Waals surface area contributed by atoms with E-state index < -0.39 is 0 Å². The van der Waals surface area contributed by atoms with E-state index in [-0.39, 0.29) is 18.1 Å². The van der Waals surface area contributed by atoms with E-state index in [2.05, 4.69) is 18.2 Å². The second-order valence-electron chi connectivity index (χ2n) is 6.57. The maximum atomic E-state index is 12.5. The van der Waals surface area contributed by atoms with Crippen LogP contribution in [-0.2, 0) is 16.1 Å². The molecule has 3 rings (SSSR count). The summed E-state index contributed by atoms with van der Waals surface area (Å²) in [6.45, 7) is 5.18. The highest BCUT2D eigenvalue weighted by molar-refractivity contribution is 5.81. The smallest absolute Gasteiger partial charge is 0.251 e. The van der Waals surface area contributed by atoms with Gasteiger partial charge in [-0.05, 0) is 44.1 Å². The van der Waals surface area contributed by atoms with Crippen molar-refractivity contribution >= 4 is 5.91 Å². The quantitative estimate of drug-likeness (QED) is 0.898. The Kier molecular flexibility index (Phi) is 4.78. The first kappa shape index (κ1) is 15.5. The molecule has 1 amide bonds. The van der Waals surface area contributed by atoms with Crippen molar-refractivity contribution in [1.29, 1.82) is 0 Å². The molecule has 0 spiro atoms. The molecule has 2 fully saturated rings. The Labute approximate surface area is 131 Å². The van der Waals surface area contributed by atoms with Gasteiger partial charge >= 0.3 is 0 Å². The first-order valence-electron chi connectivity index (χ1n) is 8.29. The van der Waals surface area contributed by atoms with Gasteiger partial charge in [0.2, 0.25) is 0 Å². The van der Waals surface area contributed by atoms with Crippen LogP contribution in [0, 0.1) is 12.8 Å². The summed E-state index contributed by atoms with van der Waals surface area (Å²) >= 11 is 0. The van der Waals surface area contributed by atoms with Gasteiger partial charge in [0.15, 0.2) is 0 Å². The van der Waals surface area contributed by atoms with E-state index in [1.807, 2.05) is 15.8 Å². The zero-order valence-electron chi connectivity index (χ0n) is 13.3. The molecule has 0 bridgehead atoms. The second-order valence-corrected chi connectivity index (χ2v) is 6.57. The molecular weight excluding hydrogens is 280 g/mol. The van der Waals surface area contributed by atoms with Gasteiger partial charge in [-0.15, -0.1) is 0 Å². The number of ether oxygens (including phenoxy) is 1. The standard InChI is InChI=1S/C16H26N4O2/c1-12-9-18-20(10-12)11-13-4-6-19(7-5-13)16(21)15-3-2-14(8-17)22-15/h9-10,13-15H,2-8,11,17H2,1H3/t14-,15+/m1/s1. The number of likely N-dealkylation sites (tertiary alicyclic amines) is 1. The van der Waals surface area contributed by atoms with E-state index in [1.54, 1.807) is 0 Å². The van der Waals surface area contributed by atoms with Crippen LogP contribution in [0.15, 0.2) is 12.4 Å². The third-order valence-electron chi connectivity index (χ3n) is 4.78. The third kappa shape index (κ3) is 3.50. The molecule has 2 N–H and O–H groups in total. The Morgan fingerprint density at radius 1 is 1.36 bits per heavy atom. The van der Waals surface area contributed by atoms with Crippen LogP contribution in [0.5, 0.6) is 0 Å². The Morgan fingerprint density at radius 3 is 2.73 bits per heavy atom. The highest BCUT2D eigenvalue weighted by Gasteiger charge is 2.34. The number of hydrogen-bond acceptors (Lipinski definition) is 4.